The minimum Gasteiger partial charge on any atom is -0.368 e. The zero-order valence-electron chi connectivity index (χ0n) is 16.6. The van der Waals surface area contributed by atoms with E-state index in [4.69, 9.17) is 0 Å². The molecule has 0 radical (unpaired) electrons. The lowest BCUT2D eigenvalue weighted by atomic mass is 10.2. The number of anilines is 1. The number of amides is 1. The minimum atomic E-state index is -0.0964. The lowest BCUT2D eigenvalue weighted by Gasteiger charge is -2.35. The molecule has 1 aromatic carbocycles. The molecule has 1 aliphatic rings. The van der Waals surface area contributed by atoms with Crippen molar-refractivity contribution in [2.45, 2.75) is 12.8 Å². The van der Waals surface area contributed by atoms with Gasteiger partial charge in [0.25, 0.3) is 5.91 Å². The molecule has 6 heteroatoms. The van der Waals surface area contributed by atoms with Crippen LogP contribution in [0.1, 0.15) is 23.3 Å². The number of carbonyl (C=O) groups excluding carboxylic acids is 1. The lowest BCUT2D eigenvalue weighted by Crippen LogP contribution is -2.46. The molecule has 2 aromatic heterocycles. The van der Waals surface area contributed by atoms with E-state index in [0.29, 0.717) is 12.2 Å². The van der Waals surface area contributed by atoms with Crippen LogP contribution in [0.25, 0.3) is 10.9 Å². The Morgan fingerprint density at radius 1 is 0.966 bits per heavy atom. The third-order valence-electron chi connectivity index (χ3n) is 5.40. The van der Waals surface area contributed by atoms with E-state index in [1.165, 1.54) is 5.69 Å². The van der Waals surface area contributed by atoms with E-state index in [9.17, 15) is 4.79 Å². The highest BCUT2D eigenvalue weighted by atomic mass is 16.1. The molecule has 1 saturated heterocycles. The number of fused-ring (bicyclic) bond motifs is 1. The third kappa shape index (κ3) is 5.09. The Morgan fingerprint density at radius 3 is 2.66 bits per heavy atom. The van der Waals surface area contributed by atoms with Crippen LogP contribution < -0.4 is 10.2 Å². The number of nitrogens with zero attached hydrogens (tertiary/aromatic N) is 4. The maximum absolute atomic E-state index is 12.3. The number of benzene rings is 1. The van der Waals surface area contributed by atoms with Gasteiger partial charge in [0.15, 0.2) is 0 Å². The van der Waals surface area contributed by atoms with Gasteiger partial charge in [0.2, 0.25) is 0 Å². The Kier molecular flexibility index (Phi) is 6.32. The summed E-state index contributed by atoms with van der Waals surface area (Å²) in [5.41, 5.74) is 2.54. The fourth-order valence-corrected chi connectivity index (χ4v) is 3.72. The van der Waals surface area contributed by atoms with Gasteiger partial charge in [0.05, 0.1) is 17.4 Å². The predicted octanol–water partition coefficient (Wildman–Crippen LogP) is 2.96. The first-order valence-electron chi connectivity index (χ1n) is 10.3. The maximum atomic E-state index is 12.3. The number of hydrogen-bond donors (Lipinski definition) is 1. The molecule has 0 spiro atoms. The van der Waals surface area contributed by atoms with E-state index in [1.54, 1.807) is 6.07 Å². The van der Waals surface area contributed by atoms with E-state index >= 15 is 0 Å². The van der Waals surface area contributed by atoms with Gasteiger partial charge >= 0.3 is 0 Å². The second kappa shape index (κ2) is 9.47. The zero-order chi connectivity index (χ0) is 19.9. The first kappa shape index (κ1) is 19.3. The number of nitrogens with one attached hydrogen (secondary N) is 1. The van der Waals surface area contributed by atoms with Gasteiger partial charge in [-0.25, -0.2) is 4.98 Å². The van der Waals surface area contributed by atoms with E-state index < -0.39 is 0 Å². The summed E-state index contributed by atoms with van der Waals surface area (Å²) in [4.78, 5) is 25.9. The van der Waals surface area contributed by atoms with Crippen LogP contribution in [-0.2, 0) is 0 Å². The number of unbranched alkanes of at least 4 members (excludes halogenated alkanes) is 1. The standard InChI is InChI=1S/C23H27N5O/c29-23(22-10-9-19-6-1-2-8-21(19)26-22)25-12-3-4-13-27-14-16-28(17-15-27)20-7-5-11-24-18-20/h1-2,5-11,18H,3-4,12-17H2,(H,25,29). The molecule has 1 amide bonds. The second-order valence-corrected chi connectivity index (χ2v) is 7.39. The van der Waals surface area contributed by atoms with Crippen LogP contribution in [0.3, 0.4) is 0 Å². The number of carbonyl (C=O) groups is 1. The van der Waals surface area contributed by atoms with Gasteiger partial charge in [-0.1, -0.05) is 24.3 Å². The molecule has 1 N–H and O–H groups in total. The van der Waals surface area contributed by atoms with Crippen LogP contribution in [0.4, 0.5) is 5.69 Å². The number of aromatic nitrogens is 2. The molecule has 0 atom stereocenters. The quantitative estimate of drug-likeness (QED) is 0.630. The largest absolute Gasteiger partial charge is 0.368 e. The number of pyridine rings is 2. The molecule has 0 saturated carbocycles. The number of piperazine rings is 1. The molecule has 29 heavy (non-hydrogen) atoms. The molecule has 1 aliphatic heterocycles. The normalized spacial score (nSPS) is 14.8. The van der Waals surface area contributed by atoms with E-state index in [2.05, 4.69) is 31.2 Å². The molecule has 4 rings (SSSR count). The first-order valence-corrected chi connectivity index (χ1v) is 10.3. The van der Waals surface area contributed by atoms with Gasteiger partial charge in [0.1, 0.15) is 5.69 Å². The van der Waals surface area contributed by atoms with Crippen molar-refractivity contribution in [2.24, 2.45) is 0 Å². The molecule has 0 bridgehead atoms. The van der Waals surface area contributed by atoms with Crippen molar-refractivity contribution in [1.29, 1.82) is 0 Å². The van der Waals surface area contributed by atoms with Gasteiger partial charge in [-0.15, -0.1) is 0 Å². The zero-order valence-corrected chi connectivity index (χ0v) is 16.6. The van der Waals surface area contributed by atoms with Crippen molar-refractivity contribution in [3.8, 4) is 0 Å². The van der Waals surface area contributed by atoms with Crippen molar-refractivity contribution in [3.63, 3.8) is 0 Å². The van der Waals surface area contributed by atoms with Crippen molar-refractivity contribution < 1.29 is 4.79 Å². The van der Waals surface area contributed by atoms with Gasteiger partial charge in [-0.2, -0.15) is 0 Å². The molecule has 3 heterocycles. The minimum absolute atomic E-state index is 0.0964. The van der Waals surface area contributed by atoms with Crippen LogP contribution in [0.5, 0.6) is 0 Å². The van der Waals surface area contributed by atoms with Gasteiger partial charge < -0.3 is 10.2 Å². The fraction of sp³-hybridized carbons (Fsp3) is 0.348. The molecular formula is C23H27N5O. The summed E-state index contributed by atoms with van der Waals surface area (Å²) in [5, 5.41) is 4.04. The Balaban J connectivity index is 1.14. The molecule has 0 aliphatic carbocycles. The second-order valence-electron chi connectivity index (χ2n) is 7.39. The molecule has 0 unspecified atom stereocenters. The van der Waals surface area contributed by atoms with Crippen LogP contribution in [-0.4, -0.2) is 60.0 Å². The average molecular weight is 390 g/mol. The van der Waals surface area contributed by atoms with Gasteiger partial charge in [-0.05, 0) is 43.7 Å². The van der Waals surface area contributed by atoms with E-state index in [-0.39, 0.29) is 5.91 Å². The lowest BCUT2D eigenvalue weighted by molar-refractivity contribution is 0.0948. The number of para-hydroxylation sites is 1. The monoisotopic (exact) mass is 389 g/mol. The van der Waals surface area contributed by atoms with E-state index in [1.807, 2.05) is 48.8 Å². The smallest absolute Gasteiger partial charge is 0.269 e. The highest BCUT2D eigenvalue weighted by molar-refractivity contribution is 5.94. The highest BCUT2D eigenvalue weighted by Crippen LogP contribution is 2.15. The molecule has 150 valence electrons. The first-order chi connectivity index (χ1) is 14.3. The SMILES string of the molecule is O=C(NCCCCN1CCN(c2cccnc2)CC1)c1ccc2ccccc2n1. The van der Waals surface area contributed by atoms with Gasteiger partial charge in [-0.3, -0.25) is 14.7 Å². The summed E-state index contributed by atoms with van der Waals surface area (Å²) >= 11 is 0. The van der Waals surface area contributed by atoms with Crippen LogP contribution >= 0.6 is 0 Å². The molecular weight excluding hydrogens is 362 g/mol. The fourth-order valence-electron chi connectivity index (χ4n) is 3.72. The summed E-state index contributed by atoms with van der Waals surface area (Å²) in [6.07, 6.45) is 5.80. The van der Waals surface area contributed by atoms with Crippen molar-refractivity contribution in [3.05, 3.63) is 66.6 Å². The summed E-state index contributed by atoms with van der Waals surface area (Å²) in [6, 6.07) is 15.7. The molecule has 1 fully saturated rings. The Labute approximate surface area is 171 Å². The highest BCUT2D eigenvalue weighted by Gasteiger charge is 2.16. The summed E-state index contributed by atoms with van der Waals surface area (Å²) < 4.78 is 0. The Hall–Kier alpha value is -2.99. The van der Waals surface area contributed by atoms with Crippen molar-refractivity contribution in [2.75, 3.05) is 44.2 Å². The predicted molar refractivity (Wildman–Crippen MR) is 116 cm³/mol. The van der Waals surface area contributed by atoms with Gasteiger partial charge in [0, 0.05) is 44.3 Å². The molecule has 3 aromatic rings. The Morgan fingerprint density at radius 2 is 1.83 bits per heavy atom. The average Bonchev–Trinajstić information content (AvgIpc) is 2.79. The molecule has 6 nitrogen and oxygen atoms in total. The van der Waals surface area contributed by atoms with Crippen LogP contribution in [0.2, 0.25) is 0 Å². The van der Waals surface area contributed by atoms with E-state index in [0.717, 1.165) is 56.5 Å². The summed E-state index contributed by atoms with van der Waals surface area (Å²) in [6.45, 7) is 5.98. The summed E-state index contributed by atoms with van der Waals surface area (Å²) in [5.74, 6) is -0.0964. The number of hydrogen-bond acceptors (Lipinski definition) is 5. The third-order valence-corrected chi connectivity index (χ3v) is 5.40. The topological polar surface area (TPSA) is 61.4 Å². The Bertz CT molecular complexity index is 938. The number of rotatable bonds is 7. The van der Waals surface area contributed by atoms with Crippen molar-refractivity contribution >= 4 is 22.5 Å². The summed E-state index contributed by atoms with van der Waals surface area (Å²) in [7, 11) is 0. The van der Waals surface area contributed by atoms with Crippen LogP contribution in [0.15, 0.2) is 60.9 Å². The van der Waals surface area contributed by atoms with Crippen molar-refractivity contribution in [1.82, 2.24) is 20.2 Å². The maximum Gasteiger partial charge on any atom is 0.269 e. The van der Waals surface area contributed by atoms with Crippen LogP contribution in [0, 0.1) is 0 Å².